The van der Waals surface area contributed by atoms with Gasteiger partial charge in [0.1, 0.15) is 34.6 Å². The molecular formula is C56H65N5O12S2. The van der Waals surface area contributed by atoms with Crippen molar-refractivity contribution in [3.8, 4) is 34.3 Å². The zero-order chi connectivity index (χ0) is 53.4. The summed E-state index contributed by atoms with van der Waals surface area (Å²) in [6.07, 6.45) is 0.261. The maximum absolute atomic E-state index is 13.7. The van der Waals surface area contributed by atoms with Crippen LogP contribution < -0.4 is 29.8 Å². The molecule has 2 amide bonds. The fourth-order valence-electron chi connectivity index (χ4n) is 8.82. The number of amides is 2. The molecule has 17 nitrogen and oxygen atoms in total. The standard InChI is InChI=1S/C56H65N5O12S2/c1-5-59(6-2)44-19-22-47-51(37-44)73-52-38-45(60(7-3)8-4)20-23-48(52)56(47)49-39-46(21-24-53(49)75(66,67)68)74(64,65)58-28-30-70-32-34-72-36-35-71-33-31-69-29-26-54(62)57-27-25-55(63)61-40-43-15-10-9-13-41(43)17-18-42-14-11-12-16-50(42)61/h9-16,19-24,37-39,58H,5-8,25-36,40H2,1-4H3,(H-,57,62,66,67,68). The molecule has 19 heteroatoms. The Bertz CT molecular complexity index is 3280. The summed E-state index contributed by atoms with van der Waals surface area (Å²) in [6.45, 7) is 13.3. The number of carbonyl (C=O) groups excluding carboxylic acids is 2. The molecule has 7 rings (SSSR count). The number of fused-ring (bicyclic) bond motifs is 4. The van der Waals surface area contributed by atoms with Crippen LogP contribution in [0, 0.1) is 11.8 Å². The van der Waals surface area contributed by atoms with Gasteiger partial charge >= 0.3 is 0 Å². The van der Waals surface area contributed by atoms with E-state index in [0.717, 1.165) is 71.7 Å². The van der Waals surface area contributed by atoms with Gasteiger partial charge in [0.25, 0.3) is 0 Å². The lowest BCUT2D eigenvalue weighted by Crippen LogP contribution is -2.35. The molecule has 0 saturated carbocycles. The SMILES string of the molecule is CCN(CC)c1ccc2c(-c3cc(S(=O)(=O)NCCOCCOCCOCCOCCC(=O)NCCC(=O)N4Cc5ccccc5C#Cc5ccccc54)ccc3S(=O)(=O)[O-])c3ccc(=[N+](CC)CC)cc-3oc2c1. The second-order valence-corrected chi connectivity index (χ2v) is 20.5. The van der Waals surface area contributed by atoms with Crippen LogP contribution in [0.15, 0.2) is 117 Å². The summed E-state index contributed by atoms with van der Waals surface area (Å²) in [5.74, 6) is 6.49. The van der Waals surface area contributed by atoms with Gasteiger partial charge < -0.3 is 43.0 Å². The van der Waals surface area contributed by atoms with E-state index in [1.807, 2.05) is 100 Å². The predicted molar refractivity (Wildman–Crippen MR) is 287 cm³/mol. The first-order valence-electron chi connectivity index (χ1n) is 25.3. The molecule has 0 fully saturated rings. The van der Waals surface area contributed by atoms with Crippen LogP contribution >= 0.6 is 0 Å². The Balaban J connectivity index is 0.820. The van der Waals surface area contributed by atoms with Crippen LogP contribution in [0.4, 0.5) is 11.4 Å². The van der Waals surface area contributed by atoms with Gasteiger partial charge in [-0.1, -0.05) is 42.2 Å². The molecular weight excluding hydrogens is 999 g/mol. The third-order valence-electron chi connectivity index (χ3n) is 12.7. The first-order chi connectivity index (χ1) is 36.3. The molecule has 0 saturated heterocycles. The number of benzene rings is 5. The average Bonchev–Trinajstić information content (AvgIpc) is 3.40. The first-order valence-corrected chi connectivity index (χ1v) is 28.2. The summed E-state index contributed by atoms with van der Waals surface area (Å²) in [7, 11) is -9.30. The van der Waals surface area contributed by atoms with Gasteiger partial charge in [0.15, 0.2) is 0 Å². The van der Waals surface area contributed by atoms with E-state index in [-0.39, 0.29) is 87.8 Å². The van der Waals surface area contributed by atoms with Crippen molar-refractivity contribution in [2.45, 2.75) is 56.9 Å². The molecule has 0 atom stereocenters. The Morgan fingerprint density at radius 3 is 2.05 bits per heavy atom. The van der Waals surface area contributed by atoms with Crippen molar-refractivity contribution < 1.29 is 54.3 Å². The van der Waals surface area contributed by atoms with E-state index in [1.165, 1.54) is 6.07 Å². The van der Waals surface area contributed by atoms with E-state index in [1.54, 1.807) is 17.0 Å². The van der Waals surface area contributed by atoms with Crippen LogP contribution in [-0.2, 0) is 55.2 Å². The molecule has 0 unspecified atom stereocenters. The summed E-state index contributed by atoms with van der Waals surface area (Å²) >= 11 is 0. The zero-order valence-electron chi connectivity index (χ0n) is 42.9. The Labute approximate surface area is 439 Å². The molecule has 0 spiro atoms. The van der Waals surface area contributed by atoms with E-state index in [9.17, 15) is 31.0 Å². The number of nitrogens with one attached hydrogen (secondary N) is 2. The number of para-hydroxylation sites is 1. The largest absolute Gasteiger partial charge is 0.744 e. The molecule has 3 aliphatic rings. The van der Waals surface area contributed by atoms with E-state index < -0.39 is 25.0 Å². The third kappa shape index (κ3) is 14.7. The Kier molecular flexibility index (Phi) is 20.1. The second-order valence-electron chi connectivity index (χ2n) is 17.4. The zero-order valence-corrected chi connectivity index (χ0v) is 44.5. The lowest BCUT2D eigenvalue weighted by molar-refractivity contribution is -0.122. The van der Waals surface area contributed by atoms with Gasteiger partial charge in [0.05, 0.1) is 80.9 Å². The molecule has 4 aromatic carbocycles. The van der Waals surface area contributed by atoms with Gasteiger partial charge in [-0.25, -0.2) is 26.1 Å². The van der Waals surface area contributed by atoms with Gasteiger partial charge in [-0.3, -0.25) is 9.59 Å². The highest BCUT2D eigenvalue weighted by Gasteiger charge is 2.26. The van der Waals surface area contributed by atoms with Crippen molar-refractivity contribution in [3.63, 3.8) is 0 Å². The molecule has 398 valence electrons. The summed E-state index contributed by atoms with van der Waals surface area (Å²) in [4.78, 5) is 28.9. The Morgan fingerprint density at radius 2 is 1.36 bits per heavy atom. The monoisotopic (exact) mass is 1060 g/mol. The lowest BCUT2D eigenvalue weighted by Gasteiger charge is -2.26. The topological polar surface area (TPSA) is 209 Å². The second kappa shape index (κ2) is 26.8. The van der Waals surface area contributed by atoms with Crippen molar-refractivity contribution in [1.29, 1.82) is 0 Å². The van der Waals surface area contributed by atoms with E-state index in [2.05, 4.69) is 31.4 Å². The number of rotatable bonds is 27. The minimum Gasteiger partial charge on any atom is -0.744 e. The van der Waals surface area contributed by atoms with Crippen LogP contribution in [0.2, 0.25) is 0 Å². The average molecular weight is 1060 g/mol. The number of carbonyl (C=O) groups is 2. The fraction of sp³-hybridized carbons (Fsp3) is 0.375. The van der Waals surface area contributed by atoms with Gasteiger partial charge in [-0.15, -0.1) is 0 Å². The Hall–Kier alpha value is -6.47. The molecule has 2 heterocycles. The number of hydrogen-bond acceptors (Lipinski definition) is 13. The van der Waals surface area contributed by atoms with Crippen molar-refractivity contribution in [3.05, 3.63) is 125 Å². The van der Waals surface area contributed by atoms with Crippen molar-refractivity contribution in [2.75, 3.05) is 102 Å². The smallest absolute Gasteiger partial charge is 0.240 e. The summed E-state index contributed by atoms with van der Waals surface area (Å²) in [6, 6.07) is 29.8. The number of nitrogens with zero attached hydrogens (tertiary/aromatic N) is 3. The first kappa shape index (κ1) is 56.3. The summed E-state index contributed by atoms with van der Waals surface area (Å²) in [5, 5.41) is 4.19. The third-order valence-corrected chi connectivity index (χ3v) is 15.1. The highest BCUT2D eigenvalue weighted by atomic mass is 32.2. The molecule has 1 aliphatic carbocycles. The highest BCUT2D eigenvalue weighted by molar-refractivity contribution is 7.89. The van der Waals surface area contributed by atoms with Crippen LogP contribution in [0.25, 0.3) is 33.4 Å². The fourth-order valence-corrected chi connectivity index (χ4v) is 10.5. The van der Waals surface area contributed by atoms with E-state index in [4.69, 9.17) is 23.4 Å². The van der Waals surface area contributed by atoms with Crippen LogP contribution in [0.5, 0.6) is 0 Å². The van der Waals surface area contributed by atoms with Crippen LogP contribution in [0.1, 0.15) is 57.2 Å². The predicted octanol–water partition coefficient (Wildman–Crippen LogP) is 5.95. The maximum atomic E-state index is 13.7. The number of ether oxygens (including phenoxy) is 4. The molecule has 2 N–H and O–H groups in total. The van der Waals surface area contributed by atoms with Crippen molar-refractivity contribution in [2.24, 2.45) is 0 Å². The summed E-state index contributed by atoms with van der Waals surface area (Å²) in [5.41, 5.74) is 5.47. The summed E-state index contributed by atoms with van der Waals surface area (Å²) < 4.78 is 99.3. The molecule has 0 aromatic heterocycles. The van der Waals surface area contributed by atoms with Crippen molar-refractivity contribution in [1.82, 2.24) is 14.6 Å². The normalized spacial score (nSPS) is 12.4. The van der Waals surface area contributed by atoms with Gasteiger partial charge in [0.2, 0.25) is 27.2 Å². The molecule has 4 aromatic rings. The Morgan fingerprint density at radius 1 is 0.707 bits per heavy atom. The van der Waals surface area contributed by atoms with Gasteiger partial charge in [-0.2, -0.15) is 0 Å². The van der Waals surface area contributed by atoms with E-state index >= 15 is 0 Å². The lowest BCUT2D eigenvalue weighted by atomic mass is 9.93. The van der Waals surface area contributed by atoms with E-state index in [0.29, 0.717) is 47.6 Å². The molecule has 0 bridgehead atoms. The minimum atomic E-state index is -5.08. The quantitative estimate of drug-likeness (QED) is 0.0201. The van der Waals surface area contributed by atoms with Crippen molar-refractivity contribution >= 4 is 54.3 Å². The van der Waals surface area contributed by atoms with Gasteiger partial charge in [-0.05, 0) is 87.9 Å². The van der Waals surface area contributed by atoms with Gasteiger partial charge in [0, 0.05) is 90.0 Å². The maximum Gasteiger partial charge on any atom is 0.240 e. The number of sulfonamides is 1. The molecule has 0 radical (unpaired) electrons. The van der Waals surface area contributed by atoms with Crippen LogP contribution in [-0.4, -0.2) is 125 Å². The number of anilines is 2. The van der Waals surface area contributed by atoms with Crippen LogP contribution in [0.3, 0.4) is 0 Å². The molecule has 75 heavy (non-hydrogen) atoms. The molecule has 2 aliphatic heterocycles. The highest BCUT2D eigenvalue weighted by Crippen LogP contribution is 2.43. The number of hydrogen-bond donors (Lipinski definition) is 2. The minimum absolute atomic E-state index is 0.0186.